The van der Waals surface area contributed by atoms with Gasteiger partial charge in [-0.25, -0.2) is 0 Å². The third kappa shape index (κ3) is 10.7. The highest BCUT2D eigenvalue weighted by atomic mass is 16.3. The van der Waals surface area contributed by atoms with Gasteiger partial charge in [0.25, 0.3) is 0 Å². The van der Waals surface area contributed by atoms with Gasteiger partial charge in [0.05, 0.1) is 16.4 Å². The van der Waals surface area contributed by atoms with Crippen LogP contribution in [-0.4, -0.2) is 0 Å². The van der Waals surface area contributed by atoms with Crippen LogP contribution in [0.2, 0.25) is 0 Å². The third-order valence-electron chi connectivity index (χ3n) is 19.1. The van der Waals surface area contributed by atoms with E-state index in [0.29, 0.717) is 66.0 Å². The highest BCUT2D eigenvalue weighted by molar-refractivity contribution is 6.25. The summed E-state index contributed by atoms with van der Waals surface area (Å²) < 4.78 is 201. The van der Waals surface area contributed by atoms with Crippen LogP contribution >= 0.6 is 0 Å². The summed E-state index contributed by atoms with van der Waals surface area (Å²) in [6, 6.07) is 94.2. The van der Waals surface area contributed by atoms with Crippen molar-refractivity contribution in [2.24, 2.45) is 0 Å². The number of furan rings is 3. The normalized spacial score (nSPS) is 13.6. The molecule has 3 heteroatoms. The zero-order valence-corrected chi connectivity index (χ0v) is 55.9. The predicted octanol–water partition coefficient (Wildman–Crippen LogP) is 31.1. The van der Waals surface area contributed by atoms with E-state index in [-0.39, 0.29) is 72.5 Å². The van der Waals surface area contributed by atoms with Crippen LogP contribution in [0.25, 0.3) is 197 Å². The van der Waals surface area contributed by atoms with Gasteiger partial charge in [0.15, 0.2) is 0 Å². The van der Waals surface area contributed by atoms with Crippen molar-refractivity contribution >= 4 is 130 Å². The Kier molecular flexibility index (Phi) is 11.5. The number of rotatable bonds is 6. The Labute approximate surface area is 632 Å². The van der Waals surface area contributed by atoms with Crippen molar-refractivity contribution in [3.8, 4) is 66.8 Å². The van der Waals surface area contributed by atoms with Gasteiger partial charge >= 0.3 is 0 Å². The van der Waals surface area contributed by atoms with Gasteiger partial charge in [0, 0.05) is 54.2 Å². The maximum Gasteiger partial charge on any atom is 0.135 e. The molecule has 102 heavy (non-hydrogen) atoms. The van der Waals surface area contributed by atoms with Gasteiger partial charge in [-0.1, -0.05) is 331 Å². The molecule has 0 N–H and O–H groups in total. The summed E-state index contributed by atoms with van der Waals surface area (Å²) >= 11 is 0. The fraction of sp³-hybridized carbons (Fsp3) is 0.0303. The van der Waals surface area contributed by atoms with E-state index in [1.807, 2.05) is 243 Å². The van der Waals surface area contributed by atoms with Crippen molar-refractivity contribution in [2.45, 2.75) is 22.2 Å². The van der Waals surface area contributed by atoms with Gasteiger partial charge in [-0.05, 0) is 186 Å². The highest BCUT2D eigenvalue weighted by Gasteiger charge is 2.22. The lowest BCUT2D eigenvalue weighted by atomic mass is 9.86. The predicted molar refractivity (Wildman–Crippen MR) is 452 cm³/mol. The highest BCUT2D eigenvalue weighted by Crippen LogP contribution is 2.49. The SMILES string of the molecule is [2H]C.[2H]C.[2H]C.[2H][2H].[2H][2H].[2H][2H].[2H][2H].[2H][2H].[2H][2H].[2H]c1c(-c2c3ccccc3c(-c3ccccc3)c3ccccc23)c([2H])c2c(oc3ccccc32)c1[2H].[2H]c1c([2H])c([2H])c2c(-c3cc([2H])c4oc5ccccc5c4c3)c3ccccc3c(-c3ccccc3)c2c1[2H].[2H]c1c([2H])c([2H])c2c(-c3ccc4oc5ccccc5c4c3)c3ccccc3c(-c3ccccc3)c2c1[2H]. The van der Waals surface area contributed by atoms with Gasteiger partial charge in [-0.15, -0.1) is 0 Å². The minimum absolute atomic E-state index is 0.00694. The van der Waals surface area contributed by atoms with Crippen molar-refractivity contribution in [3.05, 3.63) is 364 Å². The molecule has 0 fully saturated rings. The molecule has 0 atom stereocenters. The Bertz CT molecular complexity index is 7460. The van der Waals surface area contributed by atoms with E-state index in [4.69, 9.17) is 50.3 Å². The summed E-state index contributed by atoms with van der Waals surface area (Å²) in [6.45, 7) is 0. The second kappa shape index (κ2) is 26.6. The van der Waals surface area contributed by atoms with Gasteiger partial charge in [-0.3, -0.25) is 0 Å². The molecule has 0 aliphatic carbocycles. The Morgan fingerprint density at radius 2 is 0.461 bits per heavy atom. The van der Waals surface area contributed by atoms with Crippen LogP contribution in [0.1, 0.15) is 60.6 Å². The molecular formula is C99H84O3. The maximum atomic E-state index is 9.32. The second-order valence-corrected chi connectivity index (χ2v) is 24.6. The van der Waals surface area contributed by atoms with Crippen LogP contribution in [0, 0.1) is 0 Å². The molecular weight excluding hydrogens is 1240 g/mol. The first-order chi connectivity index (χ1) is 63.1. The summed E-state index contributed by atoms with van der Waals surface area (Å²) in [5.74, 6) is 0. The summed E-state index contributed by atoms with van der Waals surface area (Å²) in [4.78, 5) is 0. The van der Waals surface area contributed by atoms with Crippen LogP contribution in [0.15, 0.2) is 377 Å². The van der Waals surface area contributed by atoms with E-state index in [1.54, 1.807) is 6.07 Å². The Morgan fingerprint density at radius 1 is 0.196 bits per heavy atom. The fourth-order valence-electron chi connectivity index (χ4n) is 14.8. The van der Waals surface area contributed by atoms with Crippen molar-refractivity contribution in [2.75, 3.05) is 0 Å². The lowest BCUT2D eigenvalue weighted by molar-refractivity contribution is 0.668. The molecule has 0 spiro atoms. The molecule has 0 amide bonds. The molecule has 3 aromatic heterocycles. The standard InChI is InChI=1S/3C32H20O.3CH4.6H2/c3*1-2-10-21(11-3-1)31-24-13-4-6-15-26(24)32(27-16-7-5-14-25(27)31)22-18-19-30-28(20-22)23-12-8-9-17-29(23)33-30;;;;;;;;;/h3*1-20H;3*1H4;6*1H/i4D,6D,13D,15D,19D;4D,6D,13D,15D;18D,19D,20D;3*1D;6*1+1D. The number of para-hydroxylation sites is 3. The van der Waals surface area contributed by atoms with Crippen molar-refractivity contribution in [3.63, 3.8) is 0 Å². The number of fused-ring (bicyclic) bond motifs is 15. The zero-order chi connectivity index (χ0) is 93.8. The van der Waals surface area contributed by atoms with E-state index < -0.39 is 0 Å². The maximum absolute atomic E-state index is 9.32. The van der Waals surface area contributed by atoms with Crippen molar-refractivity contribution in [1.29, 1.82) is 0 Å². The van der Waals surface area contributed by atoms with E-state index in [1.165, 1.54) is 22.2 Å². The summed E-state index contributed by atoms with van der Waals surface area (Å²) in [5, 5.41) is 14.7. The van der Waals surface area contributed by atoms with Gasteiger partial charge in [0.1, 0.15) is 33.5 Å². The summed E-state index contributed by atoms with van der Waals surface area (Å²) in [5.41, 5.74) is 13.7. The molecule has 0 radical (unpaired) electrons. The molecule has 3 nitrogen and oxygen atoms in total. The van der Waals surface area contributed by atoms with E-state index in [2.05, 4.69) is 42.5 Å². The number of hydrogen-bond acceptors (Lipinski definition) is 3. The first kappa shape index (κ1) is 44.0. The third-order valence-corrected chi connectivity index (χ3v) is 19.1. The molecule has 21 aromatic rings. The zero-order valence-electron chi connectivity index (χ0n) is 82.9. The Balaban J connectivity index is 0.000000185. The first-order valence-corrected chi connectivity index (χ1v) is 32.9. The molecule has 0 unspecified atom stereocenters. The quantitative estimate of drug-likeness (QED) is 0.156. The van der Waals surface area contributed by atoms with Gasteiger partial charge in [0.2, 0.25) is 0 Å². The van der Waals surface area contributed by atoms with Crippen LogP contribution < -0.4 is 0 Å². The topological polar surface area (TPSA) is 39.4 Å². The lowest BCUT2D eigenvalue weighted by Gasteiger charge is -2.17. The van der Waals surface area contributed by atoms with Crippen molar-refractivity contribution in [1.82, 2.24) is 0 Å². The molecule has 0 saturated carbocycles. The molecule has 0 aliphatic rings. The smallest absolute Gasteiger partial charge is 0.135 e. The van der Waals surface area contributed by atoms with Crippen LogP contribution in [0.3, 0.4) is 0 Å². The molecule has 3 heterocycles. The van der Waals surface area contributed by atoms with Gasteiger partial charge < -0.3 is 13.3 Å². The van der Waals surface area contributed by atoms with E-state index in [0.717, 1.165) is 131 Å². The fourth-order valence-corrected chi connectivity index (χ4v) is 14.8. The van der Waals surface area contributed by atoms with Gasteiger partial charge in [-0.2, -0.15) is 0 Å². The molecule has 498 valence electrons. The average molecular weight is 1350 g/mol. The average Bonchev–Trinajstić information content (AvgIpc) is 1.54. The number of benzene rings is 18. The monoisotopic (exact) mass is 1350 g/mol. The van der Waals surface area contributed by atoms with Crippen LogP contribution in [0.5, 0.6) is 0 Å². The summed E-state index contributed by atoms with van der Waals surface area (Å²) in [6.07, 6.45) is 0. The van der Waals surface area contributed by atoms with E-state index in [9.17, 15) is 1.37 Å². The molecule has 21 rings (SSSR count). The summed E-state index contributed by atoms with van der Waals surface area (Å²) in [7, 11) is 3.75. The molecule has 0 bridgehead atoms. The van der Waals surface area contributed by atoms with Crippen molar-refractivity contribution < 1.29 is 51.6 Å². The number of hydrogen-bond donors (Lipinski definition) is 0. The molecule has 18 aromatic carbocycles. The Morgan fingerprint density at radius 3 is 0.843 bits per heavy atom. The van der Waals surface area contributed by atoms with E-state index >= 15 is 0 Å². The largest absolute Gasteiger partial charge is 0.456 e. The lowest BCUT2D eigenvalue weighted by Crippen LogP contribution is -1.90. The minimum Gasteiger partial charge on any atom is -0.456 e. The minimum atomic E-state index is -0.279. The van der Waals surface area contributed by atoms with Crippen LogP contribution in [-0.2, 0) is 0 Å². The molecule has 0 saturated heterocycles. The second-order valence-electron chi connectivity index (χ2n) is 24.6. The Hall–Kier alpha value is -13.1. The first-order valence-electron chi connectivity index (χ1n) is 47.9. The van der Waals surface area contributed by atoms with Crippen LogP contribution in [0.4, 0.5) is 0 Å². The molecule has 0 aliphatic heterocycles.